The first kappa shape index (κ1) is 19.1. The van der Waals surface area contributed by atoms with Crippen molar-refractivity contribution >= 4 is 29.4 Å². The average Bonchev–Trinajstić information content (AvgIpc) is 2.48. The molecule has 1 rings (SSSR count). The normalized spacial score (nSPS) is 11.0. The molecule has 9 heteroatoms. The van der Waals surface area contributed by atoms with Crippen LogP contribution >= 0.6 is 11.8 Å². The topological polar surface area (TPSA) is 70.2 Å². The number of hydrogen-bond acceptors (Lipinski definition) is 3. The van der Waals surface area contributed by atoms with Crippen LogP contribution in [0, 0.1) is 0 Å². The Morgan fingerprint density at radius 3 is 2.65 bits per heavy atom. The van der Waals surface area contributed by atoms with Crippen molar-refractivity contribution in [2.24, 2.45) is 0 Å². The fraction of sp³-hybridized carbons (Fsp3) is 0.429. The van der Waals surface area contributed by atoms with E-state index in [1.54, 1.807) is 25.2 Å². The van der Waals surface area contributed by atoms with Crippen LogP contribution in [0.5, 0.6) is 0 Å². The van der Waals surface area contributed by atoms with Gasteiger partial charge in [0.05, 0.1) is 0 Å². The van der Waals surface area contributed by atoms with E-state index in [4.69, 9.17) is 0 Å². The second-order valence-corrected chi connectivity index (χ2v) is 5.71. The maximum Gasteiger partial charge on any atom is 0.441 e. The van der Waals surface area contributed by atoms with E-state index in [1.165, 1.54) is 0 Å². The van der Waals surface area contributed by atoms with E-state index in [-0.39, 0.29) is 30.0 Å². The Labute approximate surface area is 136 Å². The van der Waals surface area contributed by atoms with Crippen molar-refractivity contribution in [1.82, 2.24) is 10.6 Å². The molecule has 0 atom stereocenters. The number of hydrogen-bond donors (Lipinski definition) is 3. The first-order chi connectivity index (χ1) is 10.8. The number of rotatable bonds is 7. The summed E-state index contributed by atoms with van der Waals surface area (Å²) in [5, 5.41) is 7.41. The van der Waals surface area contributed by atoms with E-state index in [0.717, 1.165) is 5.56 Å². The summed E-state index contributed by atoms with van der Waals surface area (Å²) in [6.07, 6.45) is 0.861. The molecule has 0 saturated heterocycles. The summed E-state index contributed by atoms with van der Waals surface area (Å²) in [6.45, 7) is -0.0909. The predicted octanol–water partition coefficient (Wildman–Crippen LogP) is 2.74. The molecule has 0 heterocycles. The van der Waals surface area contributed by atoms with Gasteiger partial charge < -0.3 is 16.0 Å². The highest BCUT2D eigenvalue weighted by Gasteiger charge is 2.27. The molecule has 0 aromatic heterocycles. The zero-order chi connectivity index (χ0) is 17.3. The molecule has 0 aliphatic carbocycles. The van der Waals surface area contributed by atoms with E-state index >= 15 is 0 Å². The smallest absolute Gasteiger partial charge is 0.359 e. The Kier molecular flexibility index (Phi) is 7.73. The Bertz CT molecular complexity index is 538. The van der Waals surface area contributed by atoms with Crippen molar-refractivity contribution in [2.75, 3.05) is 24.7 Å². The van der Waals surface area contributed by atoms with Crippen LogP contribution in [0.4, 0.5) is 23.7 Å². The second-order valence-electron chi connectivity index (χ2n) is 4.55. The summed E-state index contributed by atoms with van der Waals surface area (Å²) in [5.74, 6) is -0.327. The Hall–Kier alpha value is -1.90. The van der Waals surface area contributed by atoms with Gasteiger partial charge in [0.15, 0.2) is 0 Å². The lowest BCUT2D eigenvalue weighted by Crippen LogP contribution is -2.31. The molecule has 0 radical (unpaired) electrons. The van der Waals surface area contributed by atoms with Crippen LogP contribution in [0.2, 0.25) is 0 Å². The highest BCUT2D eigenvalue weighted by molar-refractivity contribution is 8.00. The van der Waals surface area contributed by atoms with Gasteiger partial charge in [-0.1, -0.05) is 12.1 Å². The number of carbonyl (C=O) groups is 2. The molecule has 0 fully saturated rings. The van der Waals surface area contributed by atoms with Gasteiger partial charge in [-0.05, 0) is 35.9 Å². The number of thioether (sulfide) groups is 1. The molecule has 3 N–H and O–H groups in total. The molecule has 0 spiro atoms. The molecule has 23 heavy (non-hydrogen) atoms. The van der Waals surface area contributed by atoms with Gasteiger partial charge in [0.25, 0.3) is 0 Å². The third kappa shape index (κ3) is 8.97. The number of urea groups is 1. The summed E-state index contributed by atoms with van der Waals surface area (Å²) >= 11 is -0.185. The van der Waals surface area contributed by atoms with Crippen molar-refractivity contribution < 1.29 is 22.8 Å². The molecule has 0 saturated carbocycles. The van der Waals surface area contributed by atoms with Crippen LogP contribution < -0.4 is 16.0 Å². The molecule has 5 nitrogen and oxygen atoms in total. The zero-order valence-corrected chi connectivity index (χ0v) is 13.3. The maximum atomic E-state index is 11.9. The van der Waals surface area contributed by atoms with Gasteiger partial charge in [-0.25, -0.2) is 4.79 Å². The van der Waals surface area contributed by atoms with Crippen LogP contribution in [-0.2, 0) is 11.2 Å². The van der Waals surface area contributed by atoms with Gasteiger partial charge in [-0.3, -0.25) is 4.79 Å². The molecule has 0 aliphatic heterocycles. The first-order valence-electron chi connectivity index (χ1n) is 6.85. The monoisotopic (exact) mass is 349 g/mol. The van der Waals surface area contributed by atoms with E-state index in [2.05, 4.69) is 16.0 Å². The summed E-state index contributed by atoms with van der Waals surface area (Å²) in [6, 6.07) is 6.36. The number of nitrogens with one attached hydrogen (secondary N) is 3. The fourth-order valence-corrected chi connectivity index (χ4v) is 2.13. The largest absolute Gasteiger partial charge is 0.441 e. The van der Waals surface area contributed by atoms with Crippen LogP contribution in [0.1, 0.15) is 12.0 Å². The minimum absolute atomic E-state index is 0.0803. The van der Waals surface area contributed by atoms with Gasteiger partial charge >= 0.3 is 11.5 Å². The first-order valence-corrected chi connectivity index (χ1v) is 7.84. The van der Waals surface area contributed by atoms with Crippen molar-refractivity contribution in [3.8, 4) is 0 Å². The lowest BCUT2D eigenvalue weighted by Gasteiger charge is -2.09. The SMILES string of the molecule is CNC(=O)CCc1cccc(NC(=O)NCCSC(F)(F)F)c1. The standard InChI is InChI=1S/C14H18F3N3O2S/c1-18-12(21)6-5-10-3-2-4-11(9-10)20-13(22)19-7-8-23-14(15,16)17/h2-4,9H,5-8H2,1H3,(H,18,21)(H2,19,20,22). The van der Waals surface area contributed by atoms with Crippen LogP contribution in [-0.4, -0.2) is 36.8 Å². The second kappa shape index (κ2) is 9.29. The highest BCUT2D eigenvalue weighted by Crippen LogP contribution is 2.29. The summed E-state index contributed by atoms with van der Waals surface area (Å²) in [4.78, 5) is 22.8. The van der Waals surface area contributed by atoms with Gasteiger partial charge in [-0.15, -0.1) is 0 Å². The number of aryl methyl sites for hydroxylation is 1. The molecule has 0 bridgehead atoms. The maximum absolute atomic E-state index is 11.9. The Morgan fingerprint density at radius 1 is 1.26 bits per heavy atom. The Balaban J connectivity index is 2.38. The van der Waals surface area contributed by atoms with E-state index in [0.29, 0.717) is 18.5 Å². The summed E-state index contributed by atoms with van der Waals surface area (Å²) < 4.78 is 35.8. The number of alkyl halides is 3. The summed E-state index contributed by atoms with van der Waals surface area (Å²) in [7, 11) is 1.56. The molecule has 128 valence electrons. The Morgan fingerprint density at radius 2 is 2.00 bits per heavy atom. The number of halogens is 3. The van der Waals surface area contributed by atoms with Gasteiger partial charge in [0, 0.05) is 31.5 Å². The lowest BCUT2D eigenvalue weighted by molar-refractivity contribution is -0.120. The number of benzene rings is 1. The zero-order valence-electron chi connectivity index (χ0n) is 12.5. The predicted molar refractivity (Wildman–Crippen MR) is 84.4 cm³/mol. The van der Waals surface area contributed by atoms with Crippen molar-refractivity contribution in [1.29, 1.82) is 0 Å². The molecule has 0 aliphatic rings. The van der Waals surface area contributed by atoms with Crippen molar-refractivity contribution in [2.45, 2.75) is 18.3 Å². The number of anilines is 1. The van der Waals surface area contributed by atoms with Crippen molar-refractivity contribution in [3.63, 3.8) is 0 Å². The summed E-state index contributed by atoms with van der Waals surface area (Å²) in [5.41, 5.74) is -2.91. The third-order valence-corrected chi connectivity index (χ3v) is 3.49. The van der Waals surface area contributed by atoms with E-state index in [9.17, 15) is 22.8 Å². The van der Waals surface area contributed by atoms with Crippen LogP contribution in [0.25, 0.3) is 0 Å². The van der Waals surface area contributed by atoms with Crippen molar-refractivity contribution in [3.05, 3.63) is 29.8 Å². The van der Waals surface area contributed by atoms with Crippen LogP contribution in [0.3, 0.4) is 0 Å². The molecule has 1 aromatic rings. The minimum atomic E-state index is -4.29. The number of carbonyl (C=O) groups excluding carboxylic acids is 2. The third-order valence-electron chi connectivity index (χ3n) is 2.76. The van der Waals surface area contributed by atoms with E-state index < -0.39 is 11.5 Å². The molecule has 3 amide bonds. The van der Waals surface area contributed by atoms with Gasteiger partial charge in [-0.2, -0.15) is 13.2 Å². The van der Waals surface area contributed by atoms with Crippen LogP contribution in [0.15, 0.2) is 24.3 Å². The van der Waals surface area contributed by atoms with E-state index in [1.807, 2.05) is 6.07 Å². The molecule has 1 aromatic carbocycles. The van der Waals surface area contributed by atoms with Gasteiger partial charge in [0.2, 0.25) is 5.91 Å². The number of amides is 3. The lowest BCUT2D eigenvalue weighted by atomic mass is 10.1. The molecular formula is C14H18F3N3O2S. The fourth-order valence-electron chi connectivity index (χ4n) is 1.69. The van der Waals surface area contributed by atoms with Gasteiger partial charge in [0.1, 0.15) is 0 Å². The minimum Gasteiger partial charge on any atom is -0.359 e. The average molecular weight is 349 g/mol. The highest BCUT2D eigenvalue weighted by atomic mass is 32.2. The molecule has 0 unspecified atom stereocenters. The quantitative estimate of drug-likeness (QED) is 0.663. The molecular weight excluding hydrogens is 331 g/mol.